The molecule has 2 N–H and O–H groups in total. The second kappa shape index (κ2) is 6.29. The van der Waals surface area contributed by atoms with Gasteiger partial charge >= 0.3 is 0 Å². The Labute approximate surface area is 144 Å². The topological polar surface area (TPSA) is 97.3 Å². The lowest BCUT2D eigenvalue weighted by Crippen LogP contribution is -2.32. The molecule has 0 bridgehead atoms. The standard InChI is InChI=1S/C17H20N6O2/c1-22-10-20-21-16(22)12-6-13(14(24)7-12)8-19-17(25)11-2-3-15-18-4-5-23(15)9-11/h2-5,9-10,12-14,24H,6-8H2,1H3,(H,19,25)/t12-,13+,14+/m0/s1. The van der Waals surface area contributed by atoms with Gasteiger partial charge in [0, 0.05) is 44.0 Å². The second-order valence-corrected chi connectivity index (χ2v) is 6.62. The smallest absolute Gasteiger partial charge is 0.252 e. The van der Waals surface area contributed by atoms with Crippen molar-refractivity contribution in [2.24, 2.45) is 13.0 Å². The molecule has 1 aliphatic carbocycles. The number of nitrogens with zero attached hydrogens (tertiary/aromatic N) is 5. The van der Waals surface area contributed by atoms with Gasteiger partial charge < -0.3 is 19.4 Å². The fraction of sp³-hybridized carbons (Fsp3) is 0.412. The summed E-state index contributed by atoms with van der Waals surface area (Å²) in [4.78, 5) is 16.5. The van der Waals surface area contributed by atoms with E-state index in [0.717, 1.165) is 17.9 Å². The maximum Gasteiger partial charge on any atom is 0.252 e. The van der Waals surface area contributed by atoms with Crippen molar-refractivity contribution in [1.29, 1.82) is 0 Å². The van der Waals surface area contributed by atoms with Crippen molar-refractivity contribution in [2.45, 2.75) is 24.9 Å². The van der Waals surface area contributed by atoms with Gasteiger partial charge in [-0.05, 0) is 25.0 Å². The highest BCUT2D eigenvalue weighted by molar-refractivity contribution is 5.94. The van der Waals surface area contributed by atoms with Gasteiger partial charge in [0.05, 0.1) is 11.7 Å². The Morgan fingerprint density at radius 1 is 1.40 bits per heavy atom. The maximum atomic E-state index is 12.4. The molecule has 1 amide bonds. The number of pyridine rings is 1. The summed E-state index contributed by atoms with van der Waals surface area (Å²) in [5, 5.41) is 21.3. The first-order chi connectivity index (χ1) is 12.1. The highest BCUT2D eigenvalue weighted by Crippen LogP contribution is 2.37. The molecule has 25 heavy (non-hydrogen) atoms. The SMILES string of the molecule is Cn1cnnc1[C@H]1C[C@H](CNC(=O)c2ccc3nccn3c2)[C@H](O)C1. The molecule has 0 unspecified atom stereocenters. The first kappa shape index (κ1) is 15.8. The van der Waals surface area contributed by atoms with E-state index in [2.05, 4.69) is 20.5 Å². The van der Waals surface area contributed by atoms with Gasteiger partial charge in [0.15, 0.2) is 0 Å². The lowest BCUT2D eigenvalue weighted by molar-refractivity contribution is 0.0916. The molecule has 0 radical (unpaired) electrons. The van der Waals surface area contributed by atoms with Crippen LogP contribution in [0.2, 0.25) is 0 Å². The van der Waals surface area contributed by atoms with Gasteiger partial charge in [0.25, 0.3) is 5.91 Å². The Kier molecular flexibility index (Phi) is 3.96. The number of rotatable bonds is 4. The molecule has 0 aromatic carbocycles. The number of hydrogen-bond donors (Lipinski definition) is 2. The molecule has 0 saturated heterocycles. The number of aromatic nitrogens is 5. The van der Waals surface area contributed by atoms with Gasteiger partial charge in [0.1, 0.15) is 17.8 Å². The molecule has 3 heterocycles. The van der Waals surface area contributed by atoms with E-state index < -0.39 is 6.10 Å². The summed E-state index contributed by atoms with van der Waals surface area (Å²) in [7, 11) is 1.91. The fourth-order valence-corrected chi connectivity index (χ4v) is 3.57. The third-order valence-corrected chi connectivity index (χ3v) is 4.94. The van der Waals surface area contributed by atoms with E-state index in [1.807, 2.05) is 22.1 Å². The monoisotopic (exact) mass is 340 g/mol. The van der Waals surface area contributed by atoms with Crippen LogP contribution in [0, 0.1) is 5.92 Å². The zero-order chi connectivity index (χ0) is 17.4. The minimum Gasteiger partial charge on any atom is -0.393 e. The first-order valence-electron chi connectivity index (χ1n) is 8.34. The van der Waals surface area contributed by atoms with E-state index in [1.165, 1.54) is 0 Å². The average molecular weight is 340 g/mol. The van der Waals surface area contributed by atoms with Crippen LogP contribution in [0.5, 0.6) is 0 Å². The third kappa shape index (κ3) is 3.00. The highest BCUT2D eigenvalue weighted by Gasteiger charge is 2.36. The van der Waals surface area contributed by atoms with Crippen molar-refractivity contribution in [3.05, 3.63) is 48.4 Å². The third-order valence-electron chi connectivity index (χ3n) is 4.94. The molecule has 1 saturated carbocycles. The first-order valence-corrected chi connectivity index (χ1v) is 8.34. The van der Waals surface area contributed by atoms with Crippen molar-refractivity contribution in [1.82, 2.24) is 29.5 Å². The van der Waals surface area contributed by atoms with Gasteiger partial charge in [-0.25, -0.2) is 4.98 Å². The van der Waals surface area contributed by atoms with Crippen molar-refractivity contribution in [3.63, 3.8) is 0 Å². The summed E-state index contributed by atoms with van der Waals surface area (Å²) in [6, 6.07) is 3.56. The predicted octanol–water partition coefficient (Wildman–Crippen LogP) is 0.747. The van der Waals surface area contributed by atoms with Crippen LogP contribution in [-0.2, 0) is 7.05 Å². The van der Waals surface area contributed by atoms with Gasteiger partial charge in [-0.15, -0.1) is 10.2 Å². The number of aryl methyl sites for hydroxylation is 1. The second-order valence-electron chi connectivity index (χ2n) is 6.62. The van der Waals surface area contributed by atoms with E-state index in [1.54, 1.807) is 31.0 Å². The van der Waals surface area contributed by atoms with Crippen LogP contribution in [0.15, 0.2) is 37.1 Å². The molecule has 130 valence electrons. The number of carbonyl (C=O) groups excluding carboxylic acids is 1. The van der Waals surface area contributed by atoms with Gasteiger partial charge in [-0.3, -0.25) is 4.79 Å². The molecule has 1 aliphatic rings. The molecule has 3 aromatic rings. The zero-order valence-electron chi connectivity index (χ0n) is 13.9. The molecule has 0 aliphatic heterocycles. The Bertz CT molecular complexity index is 901. The number of amides is 1. The van der Waals surface area contributed by atoms with Crippen molar-refractivity contribution < 1.29 is 9.90 Å². The fourth-order valence-electron chi connectivity index (χ4n) is 3.57. The van der Waals surface area contributed by atoms with Crippen molar-refractivity contribution in [2.75, 3.05) is 6.54 Å². The lowest BCUT2D eigenvalue weighted by atomic mass is 10.0. The minimum absolute atomic E-state index is 0.0163. The molecular formula is C17H20N6O2. The summed E-state index contributed by atoms with van der Waals surface area (Å²) in [6.45, 7) is 0.441. The van der Waals surface area contributed by atoms with Crippen molar-refractivity contribution >= 4 is 11.6 Å². The van der Waals surface area contributed by atoms with Crippen LogP contribution < -0.4 is 5.32 Å². The average Bonchev–Trinajstić information content (AvgIpc) is 3.31. The quantitative estimate of drug-likeness (QED) is 0.730. The molecule has 8 nitrogen and oxygen atoms in total. The molecule has 3 aromatic heterocycles. The summed E-state index contributed by atoms with van der Waals surface area (Å²) in [6.07, 6.45) is 7.91. The Balaban J connectivity index is 1.39. The predicted molar refractivity (Wildman–Crippen MR) is 90.0 cm³/mol. The molecule has 8 heteroatoms. The normalized spacial score (nSPS) is 23.2. The summed E-state index contributed by atoms with van der Waals surface area (Å²) < 4.78 is 3.70. The number of aliphatic hydroxyl groups excluding tert-OH is 1. The summed E-state index contributed by atoms with van der Waals surface area (Å²) in [5.41, 5.74) is 1.37. The van der Waals surface area contributed by atoms with Gasteiger partial charge in [0.2, 0.25) is 0 Å². The number of imidazole rings is 1. The van der Waals surface area contributed by atoms with Crippen LogP contribution in [0.4, 0.5) is 0 Å². The van der Waals surface area contributed by atoms with Gasteiger partial charge in [-0.2, -0.15) is 0 Å². The maximum absolute atomic E-state index is 12.4. The zero-order valence-corrected chi connectivity index (χ0v) is 13.9. The molecular weight excluding hydrogens is 320 g/mol. The molecule has 0 spiro atoms. The van der Waals surface area contributed by atoms with E-state index in [0.29, 0.717) is 18.5 Å². The van der Waals surface area contributed by atoms with E-state index in [4.69, 9.17) is 0 Å². The summed E-state index contributed by atoms with van der Waals surface area (Å²) >= 11 is 0. The Hall–Kier alpha value is -2.74. The Morgan fingerprint density at radius 3 is 3.08 bits per heavy atom. The van der Waals surface area contributed by atoms with Crippen LogP contribution in [0.3, 0.4) is 0 Å². The number of fused-ring (bicyclic) bond motifs is 1. The highest BCUT2D eigenvalue weighted by atomic mass is 16.3. The number of nitrogens with one attached hydrogen (secondary N) is 1. The largest absolute Gasteiger partial charge is 0.393 e. The molecule has 1 fully saturated rings. The van der Waals surface area contributed by atoms with E-state index >= 15 is 0 Å². The van der Waals surface area contributed by atoms with Crippen LogP contribution in [-0.4, -0.2) is 47.8 Å². The molecule has 4 rings (SSSR count). The van der Waals surface area contributed by atoms with E-state index in [9.17, 15) is 9.90 Å². The van der Waals surface area contributed by atoms with E-state index in [-0.39, 0.29) is 17.7 Å². The molecule has 3 atom stereocenters. The van der Waals surface area contributed by atoms with Crippen LogP contribution in [0.25, 0.3) is 5.65 Å². The van der Waals surface area contributed by atoms with Crippen molar-refractivity contribution in [3.8, 4) is 0 Å². The van der Waals surface area contributed by atoms with Gasteiger partial charge in [-0.1, -0.05) is 0 Å². The lowest BCUT2D eigenvalue weighted by Gasteiger charge is -2.15. The number of aliphatic hydroxyl groups is 1. The number of hydrogen-bond acceptors (Lipinski definition) is 5. The minimum atomic E-state index is -0.446. The Morgan fingerprint density at radius 2 is 2.28 bits per heavy atom. The summed E-state index contributed by atoms with van der Waals surface area (Å²) in [5.74, 6) is 0.928. The van der Waals surface area contributed by atoms with Crippen LogP contribution >= 0.6 is 0 Å². The number of carbonyl (C=O) groups is 1. The van der Waals surface area contributed by atoms with Crippen LogP contribution in [0.1, 0.15) is 34.9 Å².